The molecule has 1 aromatic rings. The standard InChI is InChI=1S/C13H15NO3S/c1-9-2-5-11(6-3-9)18(16,17)14-12-7-4-10(15)8-13(12)14/h2-7,10,12-13,15H,8H2,1H3/t10-,12-,13+,14?/m1/s1. The van der Waals surface area contributed by atoms with Crippen LogP contribution in [-0.2, 0) is 10.0 Å². The fourth-order valence-electron chi connectivity index (χ4n) is 2.47. The number of nitrogens with zero attached hydrogens (tertiary/aromatic N) is 1. The third-order valence-electron chi connectivity index (χ3n) is 3.54. The van der Waals surface area contributed by atoms with Crippen LogP contribution >= 0.6 is 0 Å². The van der Waals surface area contributed by atoms with Crippen LogP contribution in [0.4, 0.5) is 0 Å². The summed E-state index contributed by atoms with van der Waals surface area (Å²) in [7, 11) is -3.42. The maximum Gasteiger partial charge on any atom is 0.243 e. The van der Waals surface area contributed by atoms with E-state index in [0.29, 0.717) is 11.3 Å². The van der Waals surface area contributed by atoms with E-state index in [-0.39, 0.29) is 12.1 Å². The Morgan fingerprint density at radius 3 is 2.50 bits per heavy atom. The average molecular weight is 265 g/mol. The second-order valence-corrected chi connectivity index (χ2v) is 6.74. The molecule has 5 heteroatoms. The third kappa shape index (κ3) is 1.79. The lowest BCUT2D eigenvalue weighted by Crippen LogP contribution is -2.16. The summed E-state index contributed by atoms with van der Waals surface area (Å²) in [5, 5.41) is 9.49. The molecule has 96 valence electrons. The molecule has 3 rings (SSSR count). The summed E-state index contributed by atoms with van der Waals surface area (Å²) >= 11 is 0. The fourth-order valence-corrected chi connectivity index (χ4v) is 4.24. The van der Waals surface area contributed by atoms with E-state index < -0.39 is 16.1 Å². The van der Waals surface area contributed by atoms with Crippen molar-refractivity contribution in [2.24, 2.45) is 0 Å². The summed E-state index contributed by atoms with van der Waals surface area (Å²) in [6, 6.07) is 6.72. The zero-order chi connectivity index (χ0) is 12.9. The topological polar surface area (TPSA) is 57.4 Å². The maximum atomic E-state index is 12.4. The average Bonchev–Trinajstić information content (AvgIpc) is 3.03. The first-order valence-corrected chi connectivity index (χ1v) is 7.41. The van der Waals surface area contributed by atoms with Gasteiger partial charge in [0.05, 0.1) is 17.0 Å². The van der Waals surface area contributed by atoms with Gasteiger partial charge in [0, 0.05) is 6.04 Å². The molecule has 0 amide bonds. The summed E-state index contributed by atoms with van der Waals surface area (Å²) < 4.78 is 26.3. The molecule has 1 heterocycles. The molecule has 0 spiro atoms. The van der Waals surface area contributed by atoms with Crippen LogP contribution in [0, 0.1) is 6.92 Å². The SMILES string of the molecule is Cc1ccc(S(=O)(=O)N2[C@@H]3C=C[C@@H](O)C[C@@H]32)cc1. The second kappa shape index (κ2) is 3.91. The van der Waals surface area contributed by atoms with Crippen molar-refractivity contribution in [1.29, 1.82) is 0 Å². The predicted molar refractivity (Wildman–Crippen MR) is 67.5 cm³/mol. The van der Waals surface area contributed by atoms with Crippen LogP contribution in [0.1, 0.15) is 12.0 Å². The maximum absolute atomic E-state index is 12.4. The summed E-state index contributed by atoms with van der Waals surface area (Å²) in [5.41, 5.74) is 1.03. The minimum atomic E-state index is -3.42. The Hall–Kier alpha value is -1.17. The number of aliphatic hydroxyl groups excluding tert-OH is 1. The van der Waals surface area contributed by atoms with E-state index in [1.165, 1.54) is 4.31 Å². The molecule has 0 bridgehead atoms. The molecule has 18 heavy (non-hydrogen) atoms. The summed E-state index contributed by atoms with van der Waals surface area (Å²) in [5.74, 6) is 0. The molecule has 0 saturated carbocycles. The van der Waals surface area contributed by atoms with Gasteiger partial charge in [-0.1, -0.05) is 29.8 Å². The van der Waals surface area contributed by atoms with Crippen molar-refractivity contribution >= 4 is 10.0 Å². The first-order chi connectivity index (χ1) is 8.50. The van der Waals surface area contributed by atoms with Gasteiger partial charge < -0.3 is 5.11 Å². The fraction of sp³-hybridized carbons (Fsp3) is 0.385. The smallest absolute Gasteiger partial charge is 0.243 e. The monoisotopic (exact) mass is 265 g/mol. The van der Waals surface area contributed by atoms with Crippen molar-refractivity contribution in [3.05, 3.63) is 42.0 Å². The predicted octanol–water partition coefficient (Wildman–Crippen LogP) is 1.06. The largest absolute Gasteiger partial charge is 0.389 e. The van der Waals surface area contributed by atoms with E-state index >= 15 is 0 Å². The van der Waals surface area contributed by atoms with Gasteiger partial charge in [-0.25, -0.2) is 8.42 Å². The lowest BCUT2D eigenvalue weighted by Gasteiger charge is -2.07. The molecule has 4 nitrogen and oxygen atoms in total. The van der Waals surface area contributed by atoms with Gasteiger partial charge in [-0.3, -0.25) is 0 Å². The van der Waals surface area contributed by atoms with E-state index in [2.05, 4.69) is 0 Å². The van der Waals surface area contributed by atoms with E-state index in [4.69, 9.17) is 0 Å². The summed E-state index contributed by atoms with van der Waals surface area (Å²) in [6.45, 7) is 1.92. The first-order valence-electron chi connectivity index (χ1n) is 5.97. The Bertz CT molecular complexity index is 591. The second-order valence-electron chi connectivity index (χ2n) is 4.89. The van der Waals surface area contributed by atoms with Gasteiger partial charge in [0.15, 0.2) is 0 Å². The summed E-state index contributed by atoms with van der Waals surface area (Å²) in [6.07, 6.45) is 3.42. The van der Waals surface area contributed by atoms with Gasteiger partial charge in [-0.05, 0) is 25.5 Å². The van der Waals surface area contributed by atoms with Crippen LogP contribution in [0.25, 0.3) is 0 Å². The van der Waals surface area contributed by atoms with Crippen molar-refractivity contribution in [3.8, 4) is 0 Å². The number of benzene rings is 1. The Morgan fingerprint density at radius 2 is 1.89 bits per heavy atom. The van der Waals surface area contributed by atoms with Gasteiger partial charge in [-0.2, -0.15) is 4.31 Å². The zero-order valence-corrected chi connectivity index (χ0v) is 10.8. The molecule has 0 radical (unpaired) electrons. The van der Waals surface area contributed by atoms with Crippen molar-refractivity contribution < 1.29 is 13.5 Å². The van der Waals surface area contributed by atoms with E-state index in [9.17, 15) is 13.5 Å². The number of aryl methyl sites for hydroxylation is 1. The van der Waals surface area contributed by atoms with Crippen molar-refractivity contribution in [1.82, 2.24) is 4.31 Å². The molecule has 1 unspecified atom stereocenters. The van der Waals surface area contributed by atoms with Crippen molar-refractivity contribution in [2.75, 3.05) is 0 Å². The molecule has 1 fully saturated rings. The molecule has 0 aromatic heterocycles. The van der Waals surface area contributed by atoms with Crippen molar-refractivity contribution in [2.45, 2.75) is 36.4 Å². The Labute approximate surface area is 107 Å². The molecule has 4 atom stereocenters. The molecular weight excluding hydrogens is 250 g/mol. The number of sulfonamides is 1. The molecule has 2 aliphatic rings. The summed E-state index contributed by atoms with van der Waals surface area (Å²) in [4.78, 5) is 0.324. The highest BCUT2D eigenvalue weighted by Crippen LogP contribution is 2.41. The Balaban J connectivity index is 1.89. The number of rotatable bonds is 2. The van der Waals surface area contributed by atoms with Crippen LogP contribution in [0.15, 0.2) is 41.3 Å². The van der Waals surface area contributed by atoms with Gasteiger partial charge in [0.2, 0.25) is 10.0 Å². The number of aliphatic hydroxyl groups is 1. The van der Waals surface area contributed by atoms with Crippen LogP contribution in [-0.4, -0.2) is 36.0 Å². The first kappa shape index (κ1) is 11.9. The quantitative estimate of drug-likeness (QED) is 0.642. The molecule has 1 N–H and O–H groups in total. The number of hydrogen-bond donors (Lipinski definition) is 1. The van der Waals surface area contributed by atoms with Gasteiger partial charge in [0.1, 0.15) is 0 Å². The highest BCUT2D eigenvalue weighted by atomic mass is 32.2. The Kier molecular flexibility index (Phi) is 2.59. The highest BCUT2D eigenvalue weighted by molar-refractivity contribution is 7.89. The van der Waals surface area contributed by atoms with Gasteiger partial charge >= 0.3 is 0 Å². The molecule has 1 aromatic carbocycles. The Morgan fingerprint density at radius 1 is 1.22 bits per heavy atom. The lowest BCUT2D eigenvalue weighted by molar-refractivity contribution is 0.207. The van der Waals surface area contributed by atoms with Crippen LogP contribution < -0.4 is 0 Å². The zero-order valence-electron chi connectivity index (χ0n) is 10.0. The van der Waals surface area contributed by atoms with Crippen LogP contribution in [0.5, 0.6) is 0 Å². The molecule has 1 aliphatic carbocycles. The molecule has 1 aliphatic heterocycles. The minimum absolute atomic E-state index is 0.0697. The van der Waals surface area contributed by atoms with Crippen LogP contribution in [0.3, 0.4) is 0 Å². The normalized spacial score (nSPS) is 34.1. The number of fused-ring (bicyclic) bond motifs is 1. The van der Waals surface area contributed by atoms with Gasteiger partial charge in [-0.15, -0.1) is 0 Å². The highest BCUT2D eigenvalue weighted by Gasteiger charge is 2.55. The van der Waals surface area contributed by atoms with E-state index in [1.807, 2.05) is 6.92 Å². The molecule has 1 saturated heterocycles. The van der Waals surface area contributed by atoms with Gasteiger partial charge in [0.25, 0.3) is 0 Å². The van der Waals surface area contributed by atoms with E-state index in [1.54, 1.807) is 36.4 Å². The third-order valence-corrected chi connectivity index (χ3v) is 5.47. The molecular formula is C13H15NO3S. The van der Waals surface area contributed by atoms with E-state index in [0.717, 1.165) is 5.56 Å². The lowest BCUT2D eigenvalue weighted by atomic mass is 10.1. The van der Waals surface area contributed by atoms with Crippen molar-refractivity contribution in [3.63, 3.8) is 0 Å². The van der Waals surface area contributed by atoms with Crippen LogP contribution in [0.2, 0.25) is 0 Å². The number of hydrogen-bond acceptors (Lipinski definition) is 3. The minimum Gasteiger partial charge on any atom is -0.389 e.